The van der Waals surface area contributed by atoms with Crippen molar-refractivity contribution < 1.29 is 9.66 Å². The van der Waals surface area contributed by atoms with Crippen molar-refractivity contribution in [1.29, 1.82) is 5.26 Å². The van der Waals surface area contributed by atoms with Crippen LogP contribution in [0.4, 0.5) is 5.69 Å². The van der Waals surface area contributed by atoms with Crippen LogP contribution in [0.15, 0.2) is 66.9 Å². The van der Waals surface area contributed by atoms with Crippen molar-refractivity contribution in [3.8, 4) is 17.5 Å². The quantitative estimate of drug-likeness (QED) is 0.388. The van der Waals surface area contributed by atoms with E-state index in [1.807, 2.05) is 47.2 Å². The molecule has 3 aromatic rings. The van der Waals surface area contributed by atoms with E-state index in [-0.39, 0.29) is 5.69 Å². The molecule has 0 radical (unpaired) electrons. The lowest BCUT2D eigenvalue weighted by Crippen LogP contribution is -1.95. The Morgan fingerprint density at radius 2 is 1.96 bits per heavy atom. The van der Waals surface area contributed by atoms with Gasteiger partial charge in [-0.1, -0.05) is 12.1 Å². The van der Waals surface area contributed by atoms with Gasteiger partial charge in [0, 0.05) is 29.7 Å². The van der Waals surface area contributed by atoms with E-state index in [4.69, 9.17) is 4.74 Å². The molecule has 128 valence electrons. The third-order valence-electron chi connectivity index (χ3n) is 3.91. The third-order valence-corrected chi connectivity index (χ3v) is 3.91. The Hall–Kier alpha value is -3.85. The molecule has 0 bridgehead atoms. The van der Waals surface area contributed by atoms with E-state index in [1.165, 1.54) is 12.1 Å². The highest BCUT2D eigenvalue weighted by Crippen LogP contribution is 2.24. The SMILES string of the molecule is COc1ccc(-n2cccc2C=C(C#N)c2cccc([N+](=O)[O-])c2)cc1. The third kappa shape index (κ3) is 3.47. The summed E-state index contributed by atoms with van der Waals surface area (Å²) in [5.41, 5.74) is 2.51. The van der Waals surface area contributed by atoms with E-state index in [9.17, 15) is 15.4 Å². The molecule has 0 N–H and O–H groups in total. The molecule has 0 spiro atoms. The minimum absolute atomic E-state index is 0.0470. The van der Waals surface area contributed by atoms with Crippen molar-refractivity contribution in [3.05, 3.63) is 88.2 Å². The molecular formula is C20H15N3O3. The van der Waals surface area contributed by atoms with Gasteiger partial charge in [-0.25, -0.2) is 0 Å². The van der Waals surface area contributed by atoms with E-state index in [2.05, 4.69) is 6.07 Å². The molecule has 26 heavy (non-hydrogen) atoms. The molecule has 0 saturated carbocycles. The summed E-state index contributed by atoms with van der Waals surface area (Å²) in [6.45, 7) is 0. The summed E-state index contributed by atoms with van der Waals surface area (Å²) in [6.07, 6.45) is 3.60. The van der Waals surface area contributed by atoms with E-state index < -0.39 is 4.92 Å². The Labute approximate surface area is 150 Å². The second-order valence-electron chi connectivity index (χ2n) is 5.48. The minimum Gasteiger partial charge on any atom is -0.497 e. The van der Waals surface area contributed by atoms with Gasteiger partial charge in [0.15, 0.2) is 0 Å². The predicted octanol–water partition coefficient (Wildman–Crippen LogP) is 4.46. The monoisotopic (exact) mass is 345 g/mol. The van der Waals surface area contributed by atoms with Gasteiger partial charge in [0.1, 0.15) is 5.75 Å². The molecule has 0 fully saturated rings. The van der Waals surface area contributed by atoms with Crippen LogP contribution in [0, 0.1) is 21.4 Å². The number of allylic oxidation sites excluding steroid dienone is 1. The van der Waals surface area contributed by atoms with Gasteiger partial charge in [0.25, 0.3) is 5.69 Å². The minimum atomic E-state index is -0.474. The van der Waals surface area contributed by atoms with Gasteiger partial charge in [-0.15, -0.1) is 0 Å². The van der Waals surface area contributed by atoms with Crippen molar-refractivity contribution in [2.75, 3.05) is 7.11 Å². The molecule has 0 atom stereocenters. The smallest absolute Gasteiger partial charge is 0.270 e. The lowest BCUT2D eigenvalue weighted by atomic mass is 10.1. The highest BCUT2D eigenvalue weighted by Gasteiger charge is 2.10. The largest absolute Gasteiger partial charge is 0.497 e. The van der Waals surface area contributed by atoms with E-state index in [0.29, 0.717) is 11.1 Å². The fraction of sp³-hybridized carbons (Fsp3) is 0.0500. The molecule has 1 aromatic heterocycles. The fourth-order valence-corrected chi connectivity index (χ4v) is 2.60. The first-order valence-electron chi connectivity index (χ1n) is 7.81. The van der Waals surface area contributed by atoms with E-state index >= 15 is 0 Å². The van der Waals surface area contributed by atoms with Crippen LogP contribution in [-0.2, 0) is 0 Å². The number of nitriles is 1. The van der Waals surface area contributed by atoms with Crippen LogP contribution >= 0.6 is 0 Å². The molecule has 1 heterocycles. The summed E-state index contributed by atoms with van der Waals surface area (Å²) in [7, 11) is 1.61. The Bertz CT molecular complexity index is 1010. The molecule has 0 saturated heterocycles. The zero-order valence-corrected chi connectivity index (χ0v) is 14.0. The molecule has 0 aliphatic carbocycles. The summed E-state index contributed by atoms with van der Waals surface area (Å²) in [6, 6.07) is 19.5. The standard InChI is InChI=1S/C20H15N3O3/c1-26-20-9-7-17(8-10-20)22-11-3-6-18(22)13-16(14-21)15-4-2-5-19(12-15)23(24)25/h2-13H,1H3. The number of nitro benzene ring substituents is 1. The second-order valence-corrected chi connectivity index (χ2v) is 5.48. The maximum absolute atomic E-state index is 11.0. The Kier molecular flexibility index (Phi) is 4.81. The van der Waals surface area contributed by atoms with Crippen LogP contribution < -0.4 is 4.74 Å². The number of hydrogen-bond donors (Lipinski definition) is 0. The van der Waals surface area contributed by atoms with Crippen LogP contribution in [0.2, 0.25) is 0 Å². The number of hydrogen-bond acceptors (Lipinski definition) is 4. The zero-order chi connectivity index (χ0) is 18.5. The molecule has 6 heteroatoms. The fourth-order valence-electron chi connectivity index (χ4n) is 2.60. The summed E-state index contributed by atoms with van der Waals surface area (Å²) in [5, 5.41) is 20.5. The van der Waals surface area contributed by atoms with Gasteiger partial charge in [-0.2, -0.15) is 5.26 Å². The maximum Gasteiger partial charge on any atom is 0.270 e. The normalized spacial score (nSPS) is 11.0. The summed E-state index contributed by atoms with van der Waals surface area (Å²) < 4.78 is 7.09. The van der Waals surface area contributed by atoms with Gasteiger partial charge in [0.2, 0.25) is 0 Å². The van der Waals surface area contributed by atoms with Crippen LogP contribution in [0.25, 0.3) is 17.3 Å². The van der Waals surface area contributed by atoms with Gasteiger partial charge in [-0.05, 0) is 48.0 Å². The Morgan fingerprint density at radius 1 is 1.19 bits per heavy atom. The van der Waals surface area contributed by atoms with Gasteiger partial charge in [0.05, 0.1) is 23.7 Å². The summed E-state index contributed by atoms with van der Waals surface area (Å²) >= 11 is 0. The predicted molar refractivity (Wildman–Crippen MR) is 98.9 cm³/mol. The second kappa shape index (κ2) is 7.36. The molecule has 2 aromatic carbocycles. The molecule has 0 aliphatic heterocycles. The molecule has 0 amide bonds. The van der Waals surface area contributed by atoms with Crippen molar-refractivity contribution in [2.24, 2.45) is 0 Å². The molecule has 6 nitrogen and oxygen atoms in total. The number of methoxy groups -OCH3 is 1. The van der Waals surface area contributed by atoms with Crippen LogP contribution in [0.3, 0.4) is 0 Å². The Balaban J connectivity index is 2.01. The van der Waals surface area contributed by atoms with Gasteiger partial charge in [-0.3, -0.25) is 10.1 Å². The zero-order valence-electron chi connectivity index (χ0n) is 14.0. The van der Waals surface area contributed by atoms with E-state index in [1.54, 1.807) is 25.3 Å². The number of ether oxygens (including phenoxy) is 1. The molecule has 0 unspecified atom stereocenters. The topological polar surface area (TPSA) is 81.1 Å². The highest BCUT2D eigenvalue weighted by atomic mass is 16.6. The van der Waals surface area contributed by atoms with Crippen LogP contribution in [0.1, 0.15) is 11.3 Å². The average Bonchev–Trinajstić information content (AvgIpc) is 3.14. The van der Waals surface area contributed by atoms with E-state index in [0.717, 1.165) is 17.1 Å². The number of non-ortho nitro benzene ring substituents is 1. The summed E-state index contributed by atoms with van der Waals surface area (Å²) in [4.78, 5) is 10.5. The van der Waals surface area contributed by atoms with Crippen molar-refractivity contribution in [1.82, 2.24) is 4.57 Å². The lowest BCUT2D eigenvalue weighted by molar-refractivity contribution is -0.384. The van der Waals surface area contributed by atoms with Gasteiger partial charge >= 0.3 is 0 Å². The molecule has 0 aliphatic rings. The average molecular weight is 345 g/mol. The van der Waals surface area contributed by atoms with Crippen molar-refractivity contribution in [3.63, 3.8) is 0 Å². The van der Waals surface area contributed by atoms with Crippen LogP contribution in [-0.4, -0.2) is 16.6 Å². The van der Waals surface area contributed by atoms with Crippen molar-refractivity contribution in [2.45, 2.75) is 0 Å². The highest BCUT2D eigenvalue weighted by molar-refractivity contribution is 5.89. The number of aromatic nitrogens is 1. The Morgan fingerprint density at radius 3 is 2.62 bits per heavy atom. The number of nitro groups is 1. The first kappa shape index (κ1) is 17.0. The van der Waals surface area contributed by atoms with Crippen LogP contribution in [0.5, 0.6) is 5.75 Å². The number of rotatable bonds is 5. The van der Waals surface area contributed by atoms with Gasteiger partial charge < -0.3 is 9.30 Å². The number of benzene rings is 2. The number of nitrogens with zero attached hydrogens (tertiary/aromatic N) is 3. The lowest BCUT2D eigenvalue weighted by Gasteiger charge is -2.08. The molecular weight excluding hydrogens is 330 g/mol. The first-order valence-corrected chi connectivity index (χ1v) is 7.81. The summed E-state index contributed by atoms with van der Waals surface area (Å²) in [5.74, 6) is 0.757. The van der Waals surface area contributed by atoms with Crippen molar-refractivity contribution >= 4 is 17.3 Å². The maximum atomic E-state index is 11.0. The molecule has 3 rings (SSSR count). The first-order chi connectivity index (χ1) is 12.6.